The third kappa shape index (κ3) is 6.14. The number of hydrogen-bond donors (Lipinski definition) is 3. The number of nitrogens with zero attached hydrogens (tertiary/aromatic N) is 1. The molecule has 0 atom stereocenters. The highest BCUT2D eigenvalue weighted by atomic mass is 16.2. The highest BCUT2D eigenvalue weighted by Gasteiger charge is 2.07. The fraction of sp³-hybridized carbons (Fsp3) is 0.0800. The molecule has 1 heterocycles. The van der Waals surface area contributed by atoms with Gasteiger partial charge in [0.1, 0.15) is 5.82 Å². The number of rotatable bonds is 7. The number of fused-ring (bicyclic) bond motifs is 1. The molecule has 2 aromatic carbocycles. The Bertz CT molecular complexity index is 1180. The Hall–Kier alpha value is -4.19. The van der Waals surface area contributed by atoms with Crippen molar-refractivity contribution in [1.29, 1.82) is 0 Å². The van der Waals surface area contributed by atoms with E-state index < -0.39 is 0 Å². The van der Waals surface area contributed by atoms with Crippen LogP contribution in [0, 0.1) is 0 Å². The SMILES string of the molecule is CC=CC=CC(=O)Nc1ccc(-c2nc3ccc(NC(=O)C=CC=CC)cc3[nH]2)cc1. The molecule has 6 nitrogen and oxygen atoms in total. The number of aromatic amines is 1. The van der Waals surface area contributed by atoms with E-state index in [0.717, 1.165) is 16.6 Å². The van der Waals surface area contributed by atoms with Crippen molar-refractivity contribution in [2.75, 3.05) is 10.6 Å². The van der Waals surface area contributed by atoms with Crippen LogP contribution in [0.2, 0.25) is 0 Å². The van der Waals surface area contributed by atoms with Gasteiger partial charge in [-0.3, -0.25) is 9.59 Å². The van der Waals surface area contributed by atoms with Crippen LogP contribution in [0.5, 0.6) is 0 Å². The van der Waals surface area contributed by atoms with Gasteiger partial charge in [-0.1, -0.05) is 36.5 Å². The van der Waals surface area contributed by atoms with E-state index in [4.69, 9.17) is 0 Å². The molecule has 0 aliphatic carbocycles. The van der Waals surface area contributed by atoms with Crippen LogP contribution in [0.3, 0.4) is 0 Å². The largest absolute Gasteiger partial charge is 0.338 e. The summed E-state index contributed by atoms with van der Waals surface area (Å²) < 4.78 is 0. The first-order valence-corrected chi connectivity index (χ1v) is 9.90. The Morgan fingerprint density at radius 3 is 2.00 bits per heavy atom. The van der Waals surface area contributed by atoms with Crippen LogP contribution in [-0.2, 0) is 9.59 Å². The average Bonchev–Trinajstić information content (AvgIpc) is 3.18. The molecule has 0 spiro atoms. The topological polar surface area (TPSA) is 86.9 Å². The minimum absolute atomic E-state index is 0.190. The highest BCUT2D eigenvalue weighted by molar-refractivity contribution is 6.01. The predicted octanol–water partition coefficient (Wildman–Crippen LogP) is 5.37. The Kier molecular flexibility index (Phi) is 7.32. The fourth-order valence-corrected chi connectivity index (χ4v) is 2.81. The zero-order chi connectivity index (χ0) is 22.1. The van der Waals surface area contributed by atoms with Gasteiger partial charge in [-0.15, -0.1) is 0 Å². The normalized spacial score (nSPS) is 11.9. The van der Waals surface area contributed by atoms with Gasteiger partial charge < -0.3 is 15.6 Å². The lowest BCUT2D eigenvalue weighted by Crippen LogP contribution is -2.07. The quantitative estimate of drug-likeness (QED) is 0.360. The summed E-state index contributed by atoms with van der Waals surface area (Å²) in [5, 5.41) is 5.64. The van der Waals surface area contributed by atoms with Crippen molar-refractivity contribution in [2.45, 2.75) is 13.8 Å². The van der Waals surface area contributed by atoms with E-state index in [1.807, 2.05) is 68.5 Å². The van der Waals surface area contributed by atoms with Crippen LogP contribution < -0.4 is 10.6 Å². The summed E-state index contributed by atoms with van der Waals surface area (Å²) >= 11 is 0. The molecule has 3 rings (SSSR count). The van der Waals surface area contributed by atoms with Gasteiger partial charge in [0.15, 0.2) is 0 Å². The lowest BCUT2D eigenvalue weighted by Gasteiger charge is -2.03. The molecule has 3 aromatic rings. The number of hydrogen-bond acceptors (Lipinski definition) is 3. The van der Waals surface area contributed by atoms with Crippen molar-refractivity contribution in [1.82, 2.24) is 9.97 Å². The van der Waals surface area contributed by atoms with E-state index in [1.54, 1.807) is 24.3 Å². The molecule has 0 radical (unpaired) electrons. The molecule has 0 fully saturated rings. The predicted molar refractivity (Wildman–Crippen MR) is 127 cm³/mol. The Balaban J connectivity index is 1.71. The van der Waals surface area contributed by atoms with Crippen LogP contribution in [0.1, 0.15) is 13.8 Å². The second-order valence-corrected chi connectivity index (χ2v) is 6.64. The number of anilines is 2. The smallest absolute Gasteiger partial charge is 0.248 e. The van der Waals surface area contributed by atoms with E-state index in [1.165, 1.54) is 12.2 Å². The Morgan fingerprint density at radius 1 is 0.806 bits per heavy atom. The first-order valence-electron chi connectivity index (χ1n) is 9.90. The van der Waals surface area contributed by atoms with Crippen LogP contribution >= 0.6 is 0 Å². The maximum atomic E-state index is 11.9. The van der Waals surface area contributed by atoms with Crippen LogP contribution in [-0.4, -0.2) is 21.8 Å². The molecule has 0 aliphatic heterocycles. The van der Waals surface area contributed by atoms with Crippen molar-refractivity contribution in [3.05, 3.63) is 91.1 Å². The van der Waals surface area contributed by atoms with Crippen LogP contribution in [0.4, 0.5) is 11.4 Å². The van der Waals surface area contributed by atoms with E-state index >= 15 is 0 Å². The third-order valence-corrected chi connectivity index (χ3v) is 4.28. The molecule has 0 aliphatic rings. The lowest BCUT2D eigenvalue weighted by molar-refractivity contribution is -0.112. The van der Waals surface area contributed by atoms with Crippen molar-refractivity contribution in [3.8, 4) is 11.4 Å². The van der Waals surface area contributed by atoms with Crippen LogP contribution in [0.15, 0.2) is 91.1 Å². The number of imidazole rings is 1. The maximum Gasteiger partial charge on any atom is 0.248 e. The van der Waals surface area contributed by atoms with Crippen molar-refractivity contribution in [2.24, 2.45) is 0 Å². The molecule has 1 aromatic heterocycles. The number of carbonyl (C=O) groups is 2. The van der Waals surface area contributed by atoms with E-state index in [2.05, 4.69) is 20.6 Å². The minimum Gasteiger partial charge on any atom is -0.338 e. The summed E-state index contributed by atoms with van der Waals surface area (Å²) in [5.41, 5.74) is 3.88. The zero-order valence-electron chi connectivity index (χ0n) is 17.4. The summed E-state index contributed by atoms with van der Waals surface area (Å²) in [6.07, 6.45) is 13.6. The van der Waals surface area contributed by atoms with E-state index in [0.29, 0.717) is 17.2 Å². The number of nitrogens with one attached hydrogen (secondary N) is 3. The van der Waals surface area contributed by atoms with Gasteiger partial charge in [0.25, 0.3) is 0 Å². The number of allylic oxidation sites excluding steroid dienone is 6. The summed E-state index contributed by atoms with van der Waals surface area (Å²) in [6, 6.07) is 12.9. The molecule has 31 heavy (non-hydrogen) atoms. The van der Waals surface area contributed by atoms with Gasteiger partial charge in [0, 0.05) is 29.1 Å². The zero-order valence-corrected chi connectivity index (χ0v) is 17.4. The number of benzene rings is 2. The first kappa shape index (κ1) is 21.5. The standard InChI is InChI=1S/C25H24N4O2/c1-3-5-7-9-23(30)26-19-13-11-18(12-14-19)25-28-21-16-15-20(17-22(21)29-25)27-24(31)10-8-6-4-2/h3-17H,1-2H3,(H,26,30)(H,27,31)(H,28,29). The van der Waals surface area contributed by atoms with Crippen molar-refractivity contribution in [3.63, 3.8) is 0 Å². The van der Waals surface area contributed by atoms with Gasteiger partial charge in [-0.2, -0.15) is 0 Å². The molecule has 0 saturated carbocycles. The van der Waals surface area contributed by atoms with Gasteiger partial charge >= 0.3 is 0 Å². The number of aromatic nitrogens is 2. The second kappa shape index (κ2) is 10.5. The minimum atomic E-state index is -0.199. The summed E-state index contributed by atoms with van der Waals surface area (Å²) in [7, 11) is 0. The molecular formula is C25H24N4O2. The summed E-state index contributed by atoms with van der Waals surface area (Å²) in [5.74, 6) is 0.317. The molecule has 3 N–H and O–H groups in total. The lowest BCUT2D eigenvalue weighted by atomic mass is 10.2. The molecule has 0 unspecified atom stereocenters. The number of carbonyl (C=O) groups excluding carboxylic acids is 2. The van der Waals surface area contributed by atoms with E-state index in [9.17, 15) is 9.59 Å². The maximum absolute atomic E-state index is 11.9. The monoisotopic (exact) mass is 412 g/mol. The summed E-state index contributed by atoms with van der Waals surface area (Å²) in [6.45, 7) is 3.78. The average molecular weight is 412 g/mol. The number of amides is 2. The Labute approximate surface area is 181 Å². The fourth-order valence-electron chi connectivity index (χ4n) is 2.81. The van der Waals surface area contributed by atoms with Gasteiger partial charge in [-0.05, 0) is 56.3 Å². The Morgan fingerprint density at radius 2 is 1.39 bits per heavy atom. The van der Waals surface area contributed by atoms with Gasteiger partial charge in [0.2, 0.25) is 11.8 Å². The van der Waals surface area contributed by atoms with E-state index in [-0.39, 0.29) is 11.8 Å². The third-order valence-electron chi connectivity index (χ3n) is 4.28. The van der Waals surface area contributed by atoms with Crippen molar-refractivity contribution >= 4 is 34.2 Å². The second-order valence-electron chi connectivity index (χ2n) is 6.64. The molecule has 2 amide bonds. The first-order chi connectivity index (χ1) is 15.1. The molecule has 0 bridgehead atoms. The summed E-state index contributed by atoms with van der Waals surface area (Å²) in [4.78, 5) is 31.7. The van der Waals surface area contributed by atoms with Crippen molar-refractivity contribution < 1.29 is 9.59 Å². The van der Waals surface area contributed by atoms with Gasteiger partial charge in [-0.25, -0.2) is 4.98 Å². The molecule has 6 heteroatoms. The molecular weight excluding hydrogens is 388 g/mol. The number of H-pyrrole nitrogens is 1. The van der Waals surface area contributed by atoms with Gasteiger partial charge in [0.05, 0.1) is 11.0 Å². The molecule has 156 valence electrons. The van der Waals surface area contributed by atoms with Crippen LogP contribution in [0.25, 0.3) is 22.4 Å². The molecule has 0 saturated heterocycles. The highest BCUT2D eigenvalue weighted by Crippen LogP contribution is 2.24.